The third-order valence-electron chi connectivity index (χ3n) is 3.29. The minimum absolute atomic E-state index is 0.118. The standard InChI is InChI=1S/C15H20ClNO3/c1-3-19-12-6-5-11(9-13(12)20-4-2)14(18)17-15(10-16)7-8-15/h5-6,9H,3-4,7-8,10H2,1-2H3,(H,17,18). The maximum atomic E-state index is 12.2. The number of hydrogen-bond donors (Lipinski definition) is 1. The summed E-state index contributed by atoms with van der Waals surface area (Å²) in [6, 6.07) is 5.23. The van der Waals surface area contributed by atoms with Gasteiger partial charge in [-0.1, -0.05) is 0 Å². The van der Waals surface area contributed by atoms with Crippen LogP contribution in [0.2, 0.25) is 0 Å². The van der Waals surface area contributed by atoms with Crippen molar-refractivity contribution in [3.63, 3.8) is 0 Å². The van der Waals surface area contributed by atoms with Crippen molar-refractivity contribution in [2.45, 2.75) is 32.2 Å². The molecule has 1 aliphatic carbocycles. The van der Waals surface area contributed by atoms with E-state index < -0.39 is 0 Å². The van der Waals surface area contributed by atoms with E-state index in [9.17, 15) is 4.79 Å². The number of ether oxygens (including phenoxy) is 2. The molecule has 110 valence electrons. The summed E-state index contributed by atoms with van der Waals surface area (Å²) in [6.07, 6.45) is 1.88. The Bertz CT molecular complexity index is 486. The molecule has 0 heterocycles. The Hall–Kier alpha value is -1.42. The van der Waals surface area contributed by atoms with Gasteiger partial charge in [0.2, 0.25) is 0 Å². The van der Waals surface area contributed by atoms with Gasteiger partial charge in [-0.25, -0.2) is 0 Å². The number of benzene rings is 1. The zero-order chi connectivity index (χ0) is 14.6. The van der Waals surface area contributed by atoms with Gasteiger partial charge >= 0.3 is 0 Å². The fourth-order valence-corrected chi connectivity index (χ4v) is 2.28. The fraction of sp³-hybridized carbons (Fsp3) is 0.533. The van der Waals surface area contributed by atoms with Crippen molar-refractivity contribution in [2.24, 2.45) is 0 Å². The highest BCUT2D eigenvalue weighted by Gasteiger charge is 2.43. The first-order valence-electron chi connectivity index (χ1n) is 6.92. The van der Waals surface area contributed by atoms with Crippen LogP contribution in [0.1, 0.15) is 37.0 Å². The second-order valence-corrected chi connectivity index (χ2v) is 5.16. The van der Waals surface area contributed by atoms with E-state index in [2.05, 4.69) is 5.32 Å². The SMILES string of the molecule is CCOc1ccc(C(=O)NC2(CCl)CC2)cc1OCC. The highest BCUT2D eigenvalue weighted by Crippen LogP contribution is 2.37. The Morgan fingerprint density at radius 2 is 1.90 bits per heavy atom. The molecule has 0 aromatic heterocycles. The normalized spacial score (nSPS) is 15.6. The minimum atomic E-state index is -0.205. The fourth-order valence-electron chi connectivity index (χ4n) is 1.95. The Morgan fingerprint density at radius 1 is 1.25 bits per heavy atom. The minimum Gasteiger partial charge on any atom is -0.490 e. The molecule has 0 spiro atoms. The Morgan fingerprint density at radius 3 is 2.45 bits per heavy atom. The predicted molar refractivity (Wildman–Crippen MR) is 78.9 cm³/mol. The van der Waals surface area contributed by atoms with Gasteiger partial charge in [-0.3, -0.25) is 4.79 Å². The second kappa shape index (κ2) is 6.35. The number of halogens is 1. The summed E-state index contributed by atoms with van der Waals surface area (Å²) in [7, 11) is 0. The van der Waals surface area contributed by atoms with Crippen molar-refractivity contribution in [2.75, 3.05) is 19.1 Å². The van der Waals surface area contributed by atoms with Crippen molar-refractivity contribution in [3.8, 4) is 11.5 Å². The maximum Gasteiger partial charge on any atom is 0.251 e. The lowest BCUT2D eigenvalue weighted by Gasteiger charge is -2.16. The van der Waals surface area contributed by atoms with E-state index in [4.69, 9.17) is 21.1 Å². The molecule has 20 heavy (non-hydrogen) atoms. The molecule has 1 N–H and O–H groups in total. The molecule has 1 aliphatic rings. The van der Waals surface area contributed by atoms with Gasteiger partial charge in [-0.05, 0) is 44.9 Å². The van der Waals surface area contributed by atoms with Gasteiger partial charge in [0, 0.05) is 11.4 Å². The molecule has 0 unspecified atom stereocenters. The summed E-state index contributed by atoms with van der Waals surface area (Å²) in [6.45, 7) is 4.89. The highest BCUT2D eigenvalue weighted by atomic mass is 35.5. The van der Waals surface area contributed by atoms with Crippen LogP contribution >= 0.6 is 11.6 Å². The van der Waals surface area contributed by atoms with E-state index in [0.717, 1.165) is 12.8 Å². The number of alkyl halides is 1. The summed E-state index contributed by atoms with van der Waals surface area (Å²) in [4.78, 5) is 12.2. The van der Waals surface area contributed by atoms with Crippen LogP contribution in [0.4, 0.5) is 0 Å². The van der Waals surface area contributed by atoms with Gasteiger partial charge in [0.1, 0.15) is 0 Å². The zero-order valence-corrected chi connectivity index (χ0v) is 12.6. The first-order chi connectivity index (χ1) is 9.64. The van der Waals surface area contributed by atoms with Gasteiger partial charge in [0.15, 0.2) is 11.5 Å². The van der Waals surface area contributed by atoms with Gasteiger partial charge in [-0.15, -0.1) is 11.6 Å². The van der Waals surface area contributed by atoms with Crippen LogP contribution in [-0.4, -0.2) is 30.5 Å². The number of amides is 1. The zero-order valence-electron chi connectivity index (χ0n) is 11.9. The van der Waals surface area contributed by atoms with Crippen LogP contribution in [-0.2, 0) is 0 Å². The maximum absolute atomic E-state index is 12.2. The topological polar surface area (TPSA) is 47.6 Å². The highest BCUT2D eigenvalue weighted by molar-refractivity contribution is 6.19. The number of carbonyl (C=O) groups excluding carboxylic acids is 1. The second-order valence-electron chi connectivity index (χ2n) is 4.90. The lowest BCUT2D eigenvalue weighted by Crippen LogP contribution is -2.38. The van der Waals surface area contributed by atoms with Crippen LogP contribution in [0, 0.1) is 0 Å². The number of nitrogens with one attached hydrogen (secondary N) is 1. The van der Waals surface area contributed by atoms with Crippen LogP contribution in [0.25, 0.3) is 0 Å². The number of carbonyl (C=O) groups is 1. The molecule has 2 rings (SSSR count). The van der Waals surface area contributed by atoms with E-state index >= 15 is 0 Å². The van der Waals surface area contributed by atoms with E-state index in [1.54, 1.807) is 18.2 Å². The van der Waals surface area contributed by atoms with Gasteiger partial charge in [0.05, 0.1) is 18.8 Å². The average Bonchev–Trinajstić information content (AvgIpc) is 3.21. The molecular formula is C15H20ClNO3. The van der Waals surface area contributed by atoms with Crippen molar-refractivity contribution >= 4 is 17.5 Å². The molecule has 1 aromatic carbocycles. The molecule has 1 aromatic rings. The van der Waals surface area contributed by atoms with Crippen molar-refractivity contribution in [1.82, 2.24) is 5.32 Å². The first kappa shape index (κ1) is 15.0. The average molecular weight is 298 g/mol. The predicted octanol–water partition coefficient (Wildman–Crippen LogP) is 2.99. The molecule has 0 radical (unpaired) electrons. The molecule has 0 saturated heterocycles. The van der Waals surface area contributed by atoms with Gasteiger partial charge < -0.3 is 14.8 Å². The summed E-state index contributed by atoms with van der Waals surface area (Å²) in [5.41, 5.74) is 0.358. The number of hydrogen-bond acceptors (Lipinski definition) is 3. The summed E-state index contributed by atoms with van der Waals surface area (Å²) >= 11 is 5.88. The Balaban J connectivity index is 2.15. The third kappa shape index (κ3) is 3.37. The van der Waals surface area contributed by atoms with E-state index in [1.807, 2.05) is 13.8 Å². The first-order valence-corrected chi connectivity index (χ1v) is 7.45. The Labute approximate surface area is 124 Å². The molecule has 1 saturated carbocycles. The summed E-state index contributed by atoms with van der Waals surface area (Å²) in [5.74, 6) is 1.59. The van der Waals surface area contributed by atoms with Crippen LogP contribution in [0.5, 0.6) is 11.5 Å². The summed E-state index contributed by atoms with van der Waals surface area (Å²) in [5, 5.41) is 2.99. The van der Waals surface area contributed by atoms with Crippen molar-refractivity contribution in [1.29, 1.82) is 0 Å². The third-order valence-corrected chi connectivity index (χ3v) is 3.81. The molecular weight excluding hydrogens is 278 g/mol. The monoisotopic (exact) mass is 297 g/mol. The summed E-state index contributed by atoms with van der Waals surface area (Å²) < 4.78 is 11.0. The lowest BCUT2D eigenvalue weighted by molar-refractivity contribution is 0.0935. The van der Waals surface area contributed by atoms with Gasteiger partial charge in [-0.2, -0.15) is 0 Å². The van der Waals surface area contributed by atoms with Crippen molar-refractivity contribution < 1.29 is 14.3 Å². The number of rotatable bonds is 7. The molecule has 0 atom stereocenters. The largest absolute Gasteiger partial charge is 0.490 e. The Kier molecular flexibility index (Phi) is 4.76. The molecule has 0 bridgehead atoms. The van der Waals surface area contributed by atoms with E-state index in [0.29, 0.717) is 36.2 Å². The molecule has 1 fully saturated rings. The van der Waals surface area contributed by atoms with Crippen molar-refractivity contribution in [3.05, 3.63) is 23.8 Å². The van der Waals surface area contributed by atoms with E-state index in [-0.39, 0.29) is 11.4 Å². The molecule has 1 amide bonds. The smallest absolute Gasteiger partial charge is 0.251 e. The van der Waals surface area contributed by atoms with Gasteiger partial charge in [0.25, 0.3) is 5.91 Å². The molecule has 4 nitrogen and oxygen atoms in total. The molecule has 0 aliphatic heterocycles. The molecule has 5 heteroatoms. The van der Waals surface area contributed by atoms with Crippen LogP contribution < -0.4 is 14.8 Å². The van der Waals surface area contributed by atoms with E-state index in [1.165, 1.54) is 0 Å². The van der Waals surface area contributed by atoms with Crippen LogP contribution in [0.15, 0.2) is 18.2 Å². The van der Waals surface area contributed by atoms with Crippen LogP contribution in [0.3, 0.4) is 0 Å². The quantitative estimate of drug-likeness (QED) is 0.787. The lowest BCUT2D eigenvalue weighted by atomic mass is 10.1.